The molecule has 0 fully saturated rings. The monoisotopic (exact) mass is 304 g/mol. The Balaban J connectivity index is 3.03. The van der Waals surface area contributed by atoms with Crippen LogP contribution in [0.3, 0.4) is 0 Å². The summed E-state index contributed by atoms with van der Waals surface area (Å²) in [4.78, 5) is 22.4. The fourth-order valence-corrected chi connectivity index (χ4v) is 2.16. The maximum atomic E-state index is 12.1. The molecule has 0 atom stereocenters. The van der Waals surface area contributed by atoms with Crippen LogP contribution in [0.5, 0.6) is 0 Å². The van der Waals surface area contributed by atoms with Gasteiger partial charge in [0.25, 0.3) is 11.6 Å². The Labute approximate surface area is 121 Å². The van der Waals surface area contributed by atoms with Gasteiger partial charge in [0.05, 0.1) is 4.92 Å². The van der Waals surface area contributed by atoms with E-state index in [2.05, 4.69) is 5.32 Å². The van der Waals surface area contributed by atoms with Crippen molar-refractivity contribution in [1.29, 1.82) is 0 Å². The number of nitro groups is 1. The van der Waals surface area contributed by atoms with Crippen molar-refractivity contribution in [2.45, 2.75) is 25.8 Å². The number of alkyl halides is 1. The molecule has 0 aliphatic heterocycles. The van der Waals surface area contributed by atoms with Gasteiger partial charge in [-0.3, -0.25) is 14.9 Å². The number of rotatable bonds is 5. The third-order valence-corrected chi connectivity index (χ3v) is 3.00. The molecule has 0 bridgehead atoms. The SMILES string of the molecule is CC(C)(CCCl)NC(=O)c1ccc(Cl)cc1[N+](=O)[O-]. The highest BCUT2D eigenvalue weighted by Gasteiger charge is 2.25. The minimum atomic E-state index is -0.630. The second-order valence-electron chi connectivity index (χ2n) is 4.70. The predicted molar refractivity (Wildman–Crippen MR) is 75.0 cm³/mol. The summed E-state index contributed by atoms with van der Waals surface area (Å²) in [5.74, 6) is -0.130. The molecule has 104 valence electrons. The first-order valence-electron chi connectivity index (χ1n) is 5.59. The average molecular weight is 305 g/mol. The number of carbonyl (C=O) groups is 1. The molecular formula is C12H14Cl2N2O3. The van der Waals surface area contributed by atoms with Crippen LogP contribution in [0, 0.1) is 10.1 Å². The molecule has 0 radical (unpaired) electrons. The number of nitrogens with one attached hydrogen (secondary N) is 1. The van der Waals surface area contributed by atoms with E-state index in [1.807, 2.05) is 0 Å². The molecule has 1 rings (SSSR count). The highest BCUT2D eigenvalue weighted by molar-refractivity contribution is 6.31. The molecule has 0 unspecified atom stereocenters. The molecule has 0 saturated carbocycles. The lowest BCUT2D eigenvalue weighted by Gasteiger charge is -2.25. The molecular weight excluding hydrogens is 291 g/mol. The van der Waals surface area contributed by atoms with Crippen LogP contribution in [0.2, 0.25) is 5.02 Å². The van der Waals surface area contributed by atoms with Crippen LogP contribution in [-0.2, 0) is 0 Å². The summed E-state index contributed by atoms with van der Waals surface area (Å²) in [6, 6.07) is 3.94. The molecule has 19 heavy (non-hydrogen) atoms. The summed E-state index contributed by atoms with van der Waals surface area (Å²) in [5.41, 5.74) is -0.865. The van der Waals surface area contributed by atoms with Gasteiger partial charge in [-0.1, -0.05) is 11.6 Å². The number of carbonyl (C=O) groups excluding carboxylic acids is 1. The lowest BCUT2D eigenvalue weighted by atomic mass is 10.0. The van der Waals surface area contributed by atoms with E-state index in [0.29, 0.717) is 12.3 Å². The highest BCUT2D eigenvalue weighted by atomic mass is 35.5. The lowest BCUT2D eigenvalue weighted by molar-refractivity contribution is -0.385. The molecule has 0 saturated heterocycles. The van der Waals surface area contributed by atoms with Gasteiger partial charge in [-0.2, -0.15) is 0 Å². The number of amides is 1. The van der Waals surface area contributed by atoms with Crippen LogP contribution in [0.15, 0.2) is 18.2 Å². The second-order valence-corrected chi connectivity index (χ2v) is 5.51. The molecule has 0 aliphatic rings. The van der Waals surface area contributed by atoms with Crippen molar-refractivity contribution in [2.24, 2.45) is 0 Å². The van der Waals surface area contributed by atoms with Gasteiger partial charge in [-0.05, 0) is 32.4 Å². The van der Waals surface area contributed by atoms with Crippen molar-refractivity contribution in [3.8, 4) is 0 Å². The van der Waals surface area contributed by atoms with E-state index in [1.54, 1.807) is 13.8 Å². The minimum Gasteiger partial charge on any atom is -0.347 e. The van der Waals surface area contributed by atoms with Gasteiger partial charge in [0.15, 0.2) is 0 Å². The molecule has 1 N–H and O–H groups in total. The first kappa shape index (κ1) is 15.7. The van der Waals surface area contributed by atoms with E-state index >= 15 is 0 Å². The summed E-state index contributed by atoms with van der Waals surface area (Å²) in [5, 5.41) is 13.8. The number of benzene rings is 1. The zero-order valence-corrected chi connectivity index (χ0v) is 12.1. The highest BCUT2D eigenvalue weighted by Crippen LogP contribution is 2.24. The predicted octanol–water partition coefficient (Wildman–Crippen LogP) is 3.39. The number of halogens is 2. The summed E-state index contributed by atoms with van der Waals surface area (Å²) >= 11 is 11.3. The Kier molecular flexibility index (Phi) is 5.14. The third-order valence-electron chi connectivity index (χ3n) is 2.57. The maximum absolute atomic E-state index is 12.1. The summed E-state index contributed by atoms with van der Waals surface area (Å²) in [6.45, 7) is 3.60. The van der Waals surface area contributed by atoms with Crippen LogP contribution in [-0.4, -0.2) is 22.2 Å². The van der Waals surface area contributed by atoms with Crippen molar-refractivity contribution >= 4 is 34.8 Å². The van der Waals surface area contributed by atoms with Gasteiger partial charge >= 0.3 is 0 Å². The van der Waals surface area contributed by atoms with Crippen LogP contribution < -0.4 is 5.32 Å². The number of nitrogens with zero attached hydrogens (tertiary/aromatic N) is 1. The Morgan fingerprint density at radius 2 is 2.11 bits per heavy atom. The number of nitro benzene ring substituents is 1. The van der Waals surface area contributed by atoms with Gasteiger partial charge in [-0.25, -0.2) is 0 Å². The van der Waals surface area contributed by atoms with Gasteiger partial charge in [0.2, 0.25) is 0 Å². The Bertz CT molecular complexity index is 504. The normalized spacial score (nSPS) is 11.2. The van der Waals surface area contributed by atoms with Gasteiger partial charge in [0, 0.05) is 22.5 Å². The Hall–Kier alpha value is -1.33. The first-order chi connectivity index (χ1) is 8.76. The van der Waals surface area contributed by atoms with E-state index in [4.69, 9.17) is 23.2 Å². The Morgan fingerprint density at radius 3 is 2.63 bits per heavy atom. The molecule has 0 heterocycles. The first-order valence-corrected chi connectivity index (χ1v) is 6.50. The molecule has 1 amide bonds. The van der Waals surface area contributed by atoms with Crippen LogP contribution in [0.4, 0.5) is 5.69 Å². The van der Waals surface area contributed by atoms with E-state index in [9.17, 15) is 14.9 Å². The minimum absolute atomic E-state index is 0.0166. The van der Waals surface area contributed by atoms with Crippen LogP contribution in [0.25, 0.3) is 0 Å². The topological polar surface area (TPSA) is 72.2 Å². The van der Waals surface area contributed by atoms with E-state index < -0.39 is 16.4 Å². The van der Waals surface area contributed by atoms with E-state index in [-0.39, 0.29) is 16.3 Å². The quantitative estimate of drug-likeness (QED) is 0.515. The van der Waals surface area contributed by atoms with Crippen molar-refractivity contribution < 1.29 is 9.72 Å². The van der Waals surface area contributed by atoms with Gasteiger partial charge in [-0.15, -0.1) is 11.6 Å². The Morgan fingerprint density at radius 1 is 1.47 bits per heavy atom. The van der Waals surface area contributed by atoms with Crippen molar-refractivity contribution in [3.05, 3.63) is 38.9 Å². The fraction of sp³-hybridized carbons (Fsp3) is 0.417. The van der Waals surface area contributed by atoms with E-state index in [0.717, 1.165) is 6.07 Å². The average Bonchev–Trinajstić information content (AvgIpc) is 2.27. The smallest absolute Gasteiger partial charge is 0.283 e. The summed E-state index contributed by atoms with van der Waals surface area (Å²) in [7, 11) is 0. The standard InChI is InChI=1S/C12H14Cl2N2O3/c1-12(2,5-6-13)15-11(17)9-4-3-8(14)7-10(9)16(18)19/h3-4,7H,5-6H2,1-2H3,(H,15,17). The molecule has 1 aromatic carbocycles. The fourth-order valence-electron chi connectivity index (χ4n) is 1.52. The molecule has 0 aromatic heterocycles. The van der Waals surface area contributed by atoms with Crippen molar-refractivity contribution in [1.82, 2.24) is 5.32 Å². The zero-order valence-electron chi connectivity index (χ0n) is 10.6. The summed E-state index contributed by atoms with van der Waals surface area (Å²) in [6.07, 6.45) is 0.557. The molecule has 7 heteroatoms. The molecule has 0 aliphatic carbocycles. The van der Waals surface area contributed by atoms with Crippen LogP contribution >= 0.6 is 23.2 Å². The molecule has 1 aromatic rings. The maximum Gasteiger partial charge on any atom is 0.283 e. The number of hydrogen-bond donors (Lipinski definition) is 1. The largest absolute Gasteiger partial charge is 0.347 e. The van der Waals surface area contributed by atoms with Gasteiger partial charge in [0.1, 0.15) is 5.56 Å². The van der Waals surface area contributed by atoms with Crippen molar-refractivity contribution in [3.63, 3.8) is 0 Å². The van der Waals surface area contributed by atoms with E-state index in [1.165, 1.54) is 12.1 Å². The van der Waals surface area contributed by atoms with Gasteiger partial charge < -0.3 is 5.32 Å². The third kappa shape index (κ3) is 4.36. The molecule has 0 spiro atoms. The second kappa shape index (κ2) is 6.21. The zero-order chi connectivity index (χ0) is 14.6. The number of hydrogen-bond acceptors (Lipinski definition) is 3. The van der Waals surface area contributed by atoms with Crippen LogP contribution in [0.1, 0.15) is 30.6 Å². The van der Waals surface area contributed by atoms with Crippen molar-refractivity contribution in [2.75, 3.05) is 5.88 Å². The summed E-state index contributed by atoms with van der Waals surface area (Å²) < 4.78 is 0. The molecule has 5 nitrogen and oxygen atoms in total. The lowest BCUT2D eigenvalue weighted by Crippen LogP contribution is -2.43.